The van der Waals surface area contributed by atoms with E-state index in [0.29, 0.717) is 31.5 Å². The van der Waals surface area contributed by atoms with Crippen molar-refractivity contribution in [2.24, 2.45) is 5.92 Å². The molecule has 1 atom stereocenters. The Labute approximate surface area is 198 Å². The van der Waals surface area contributed by atoms with E-state index in [1.807, 2.05) is 0 Å². The maximum atomic E-state index is 14.7. The van der Waals surface area contributed by atoms with Gasteiger partial charge in [0.05, 0.1) is 42.1 Å². The van der Waals surface area contributed by atoms with E-state index in [0.717, 1.165) is 12.1 Å². The Hall–Kier alpha value is -2.47. The number of rotatable bonds is 9. The Kier molecular flexibility index (Phi) is 7.03. The minimum absolute atomic E-state index is 0.0419. The molecule has 1 aliphatic heterocycles. The lowest BCUT2D eigenvalue weighted by Crippen LogP contribution is -2.32. The third kappa shape index (κ3) is 5.55. The molecule has 1 aliphatic rings. The summed E-state index contributed by atoms with van der Waals surface area (Å²) in [5.41, 5.74) is 1.85. The Balaban J connectivity index is 1.51. The second kappa shape index (κ2) is 9.80. The molecule has 0 unspecified atom stereocenters. The minimum atomic E-state index is -4.24. The highest BCUT2D eigenvalue weighted by Crippen LogP contribution is 2.33. The quantitative estimate of drug-likeness (QED) is 0.413. The van der Waals surface area contributed by atoms with Crippen molar-refractivity contribution in [1.82, 2.24) is 4.98 Å². The molecule has 0 amide bonds. The van der Waals surface area contributed by atoms with Crippen molar-refractivity contribution in [3.8, 4) is 5.75 Å². The molecule has 176 valence electrons. The summed E-state index contributed by atoms with van der Waals surface area (Å²) >= 11 is 7.42. The molecule has 1 aromatic heterocycles. The second-order valence-corrected chi connectivity index (χ2v) is 10.3. The van der Waals surface area contributed by atoms with Gasteiger partial charge in [-0.25, -0.2) is 22.2 Å². The molecule has 0 saturated carbocycles. The van der Waals surface area contributed by atoms with E-state index in [1.165, 1.54) is 34.4 Å². The molecule has 1 saturated heterocycles. The number of nitrogens with one attached hydrogen (secondary N) is 2. The largest absolute Gasteiger partial charge is 0.493 e. The van der Waals surface area contributed by atoms with E-state index in [4.69, 9.17) is 21.1 Å². The van der Waals surface area contributed by atoms with Crippen molar-refractivity contribution in [1.29, 1.82) is 0 Å². The molecule has 0 radical (unpaired) electrons. The van der Waals surface area contributed by atoms with Gasteiger partial charge in [0.15, 0.2) is 5.82 Å². The molecule has 7 nitrogen and oxygen atoms in total. The van der Waals surface area contributed by atoms with Crippen LogP contribution in [0.15, 0.2) is 46.1 Å². The van der Waals surface area contributed by atoms with Crippen molar-refractivity contribution >= 4 is 44.5 Å². The number of anilines is 2. The number of hydrogen-bond acceptors (Lipinski definition) is 7. The number of halogens is 3. The lowest BCUT2D eigenvalue weighted by atomic mass is 10.1. The summed E-state index contributed by atoms with van der Waals surface area (Å²) in [5.74, 6) is -0.599. The fraction of sp³-hybridized carbons (Fsp3) is 0.286. The van der Waals surface area contributed by atoms with Crippen LogP contribution >= 0.6 is 22.9 Å². The molecule has 3 aromatic rings. The maximum absolute atomic E-state index is 14.7. The van der Waals surface area contributed by atoms with Crippen molar-refractivity contribution in [2.45, 2.75) is 17.9 Å². The molecule has 2 N–H and O–H groups in total. The van der Waals surface area contributed by atoms with Crippen LogP contribution in [0.3, 0.4) is 0 Å². The van der Waals surface area contributed by atoms with Gasteiger partial charge in [-0.3, -0.25) is 4.72 Å². The average Bonchev–Trinajstić information content (AvgIpc) is 3.22. The van der Waals surface area contributed by atoms with E-state index in [1.54, 1.807) is 13.0 Å². The first-order valence-electron chi connectivity index (χ1n) is 9.89. The number of aromatic nitrogens is 1. The number of thiazole rings is 1. The summed E-state index contributed by atoms with van der Waals surface area (Å²) in [6.45, 7) is 3.42. The Bertz CT molecular complexity index is 1240. The van der Waals surface area contributed by atoms with Crippen LogP contribution in [0.2, 0.25) is 5.02 Å². The van der Waals surface area contributed by atoms with Gasteiger partial charge < -0.3 is 14.8 Å². The van der Waals surface area contributed by atoms with Crippen LogP contribution in [-0.4, -0.2) is 33.2 Å². The zero-order valence-corrected chi connectivity index (χ0v) is 19.7. The summed E-state index contributed by atoms with van der Waals surface area (Å²) in [6.07, 6.45) is 0. The molecule has 2 aromatic carbocycles. The predicted octanol–water partition coefficient (Wildman–Crippen LogP) is 5.07. The molecular formula is C21H20ClF2N3O4S2. The monoisotopic (exact) mass is 515 g/mol. The van der Waals surface area contributed by atoms with Crippen LogP contribution in [0.5, 0.6) is 5.75 Å². The molecule has 33 heavy (non-hydrogen) atoms. The topological polar surface area (TPSA) is 89.6 Å². The lowest BCUT2D eigenvalue weighted by Gasteiger charge is -2.26. The molecule has 1 fully saturated rings. The summed E-state index contributed by atoms with van der Waals surface area (Å²) in [5, 5.41) is 4.36. The number of ether oxygens (including phenoxy) is 2. The van der Waals surface area contributed by atoms with Crippen LogP contribution in [0, 0.1) is 17.6 Å². The third-order valence-electron chi connectivity index (χ3n) is 4.98. The fourth-order valence-corrected chi connectivity index (χ4v) is 5.08. The first-order chi connectivity index (χ1) is 15.7. The molecule has 0 spiro atoms. The summed E-state index contributed by atoms with van der Waals surface area (Å²) < 4.78 is 67.2. The molecular weight excluding hydrogens is 496 g/mol. The first kappa shape index (κ1) is 23.7. The van der Waals surface area contributed by atoms with E-state index < -0.39 is 32.6 Å². The highest BCUT2D eigenvalue weighted by atomic mass is 35.5. The SMILES string of the molecule is C[C@H](Nc1cc(F)c(S(=O)(=O)Nc2cscn2)cc1Cl)c1cc(OCC2COC2)ccc1F. The highest BCUT2D eigenvalue weighted by Gasteiger charge is 2.24. The van der Waals surface area contributed by atoms with E-state index in [-0.39, 0.29) is 22.1 Å². The summed E-state index contributed by atoms with van der Waals surface area (Å²) in [6, 6.07) is 5.73. The van der Waals surface area contributed by atoms with Gasteiger partial charge in [0.25, 0.3) is 10.0 Å². The Morgan fingerprint density at radius 3 is 2.73 bits per heavy atom. The second-order valence-electron chi connectivity index (χ2n) is 7.51. The van der Waals surface area contributed by atoms with E-state index in [9.17, 15) is 17.2 Å². The maximum Gasteiger partial charge on any atom is 0.266 e. The van der Waals surface area contributed by atoms with Crippen molar-refractivity contribution < 1.29 is 26.7 Å². The molecule has 4 rings (SSSR count). The van der Waals surface area contributed by atoms with E-state index in [2.05, 4.69) is 15.0 Å². The van der Waals surface area contributed by atoms with Crippen LogP contribution in [0.4, 0.5) is 20.3 Å². The minimum Gasteiger partial charge on any atom is -0.493 e. The Morgan fingerprint density at radius 1 is 1.27 bits per heavy atom. The highest BCUT2D eigenvalue weighted by molar-refractivity contribution is 7.92. The molecule has 12 heteroatoms. The van der Waals surface area contributed by atoms with Gasteiger partial charge in [-0.1, -0.05) is 11.6 Å². The van der Waals surface area contributed by atoms with E-state index >= 15 is 0 Å². The number of nitrogens with zero attached hydrogens (tertiary/aromatic N) is 1. The van der Waals surface area contributed by atoms with Gasteiger partial charge in [0.1, 0.15) is 22.3 Å². The zero-order valence-electron chi connectivity index (χ0n) is 17.3. The molecule has 2 heterocycles. The smallest absolute Gasteiger partial charge is 0.266 e. The van der Waals surface area contributed by atoms with Crippen LogP contribution in [0.25, 0.3) is 0 Å². The zero-order chi connectivity index (χ0) is 23.6. The van der Waals surface area contributed by atoms with Gasteiger partial charge in [0, 0.05) is 16.9 Å². The standard InChI is InChI=1S/C21H20ClF2N3O4S2/c1-12(15-4-14(2-3-17(15)23)31-9-13-7-30-8-13)26-19-6-18(24)20(5-16(19)22)33(28,29)27-21-10-32-11-25-21/h2-6,10-13,26-27H,7-9H2,1H3/t12-/m0/s1. The van der Waals surface area contributed by atoms with Crippen LogP contribution in [0.1, 0.15) is 18.5 Å². The third-order valence-corrected chi connectivity index (χ3v) is 7.25. The van der Waals surface area contributed by atoms with Gasteiger partial charge in [-0.15, -0.1) is 11.3 Å². The molecule has 0 aliphatic carbocycles. The van der Waals surface area contributed by atoms with Gasteiger partial charge >= 0.3 is 0 Å². The summed E-state index contributed by atoms with van der Waals surface area (Å²) in [7, 11) is -4.24. The number of hydrogen-bond donors (Lipinski definition) is 2. The molecule has 0 bridgehead atoms. The predicted molar refractivity (Wildman–Crippen MR) is 123 cm³/mol. The van der Waals surface area contributed by atoms with Gasteiger partial charge in [-0.2, -0.15) is 0 Å². The normalized spacial score (nSPS) is 15.0. The van der Waals surface area contributed by atoms with Crippen molar-refractivity contribution in [2.75, 3.05) is 29.9 Å². The number of benzene rings is 2. The summed E-state index contributed by atoms with van der Waals surface area (Å²) in [4.78, 5) is 3.20. The number of sulfonamides is 1. The fourth-order valence-electron chi connectivity index (χ4n) is 3.15. The van der Waals surface area contributed by atoms with Crippen molar-refractivity contribution in [3.05, 3.63) is 63.4 Å². The van der Waals surface area contributed by atoms with Crippen molar-refractivity contribution in [3.63, 3.8) is 0 Å². The first-order valence-corrected chi connectivity index (χ1v) is 12.7. The lowest BCUT2D eigenvalue weighted by molar-refractivity contribution is -0.0508. The Morgan fingerprint density at radius 2 is 2.06 bits per heavy atom. The van der Waals surface area contributed by atoms with Crippen LogP contribution in [-0.2, 0) is 14.8 Å². The van der Waals surface area contributed by atoms with Crippen LogP contribution < -0.4 is 14.8 Å². The van der Waals surface area contributed by atoms with Gasteiger partial charge in [0.2, 0.25) is 0 Å². The average molecular weight is 516 g/mol. The van der Waals surface area contributed by atoms with Gasteiger partial charge in [-0.05, 0) is 37.3 Å².